The van der Waals surface area contributed by atoms with Crippen LogP contribution in [0.25, 0.3) is 0 Å². The molecule has 1 N–H and O–H groups in total. The molecule has 0 bridgehead atoms. The minimum atomic E-state index is -0.254. The lowest BCUT2D eigenvalue weighted by molar-refractivity contribution is -0.919. The highest BCUT2D eigenvalue weighted by atomic mass is 35.5. The predicted molar refractivity (Wildman–Crippen MR) is 81.9 cm³/mol. The lowest BCUT2D eigenvalue weighted by Crippen LogP contribution is -3.17. The molecule has 2 saturated heterocycles. The van der Waals surface area contributed by atoms with Crippen LogP contribution in [0.2, 0.25) is 10.0 Å². The highest BCUT2D eigenvalue weighted by Crippen LogP contribution is 2.28. The monoisotopic (exact) mass is 327 g/mol. The first-order valence-electron chi connectivity index (χ1n) is 7.24. The Morgan fingerprint density at radius 1 is 1.00 bits per heavy atom. The minimum absolute atomic E-state index is 0.129. The normalized spacial score (nSPS) is 23.9. The zero-order valence-electron chi connectivity index (χ0n) is 11.6. The van der Waals surface area contributed by atoms with Gasteiger partial charge in [-0.25, -0.2) is 4.90 Å². The summed E-state index contributed by atoms with van der Waals surface area (Å²) in [6, 6.07) is 4.55. The van der Waals surface area contributed by atoms with E-state index in [4.69, 9.17) is 23.2 Å². The van der Waals surface area contributed by atoms with Crippen molar-refractivity contribution in [2.75, 3.05) is 18.0 Å². The van der Waals surface area contributed by atoms with Crippen molar-refractivity contribution >= 4 is 40.7 Å². The Balaban J connectivity index is 1.86. The molecule has 0 saturated carbocycles. The van der Waals surface area contributed by atoms with Gasteiger partial charge in [0.25, 0.3) is 5.91 Å². The summed E-state index contributed by atoms with van der Waals surface area (Å²) in [7, 11) is 0. The number of benzene rings is 1. The van der Waals surface area contributed by atoms with Crippen molar-refractivity contribution in [2.24, 2.45) is 0 Å². The van der Waals surface area contributed by atoms with Crippen LogP contribution in [-0.2, 0) is 9.59 Å². The molecule has 1 aromatic carbocycles. The number of nitrogens with one attached hydrogen (secondary N) is 1. The quantitative estimate of drug-likeness (QED) is 0.840. The van der Waals surface area contributed by atoms with Crippen molar-refractivity contribution in [3.63, 3.8) is 0 Å². The predicted octanol–water partition coefficient (Wildman–Crippen LogP) is 1.69. The fourth-order valence-electron chi connectivity index (χ4n) is 3.24. The fourth-order valence-corrected chi connectivity index (χ4v) is 3.76. The number of hydrogen-bond donors (Lipinski definition) is 1. The van der Waals surface area contributed by atoms with Crippen molar-refractivity contribution in [2.45, 2.75) is 31.7 Å². The van der Waals surface area contributed by atoms with Crippen LogP contribution >= 0.6 is 23.2 Å². The zero-order chi connectivity index (χ0) is 15.0. The van der Waals surface area contributed by atoms with E-state index in [1.807, 2.05) is 0 Å². The van der Waals surface area contributed by atoms with E-state index in [0.29, 0.717) is 15.7 Å². The smallest absolute Gasteiger partial charge is 0.292 e. The Hall–Kier alpha value is -1.10. The summed E-state index contributed by atoms with van der Waals surface area (Å²) in [5, 5.41) is 0.846. The second-order valence-corrected chi connectivity index (χ2v) is 6.54. The zero-order valence-corrected chi connectivity index (χ0v) is 13.1. The van der Waals surface area contributed by atoms with Gasteiger partial charge in [-0.1, -0.05) is 23.2 Å². The van der Waals surface area contributed by atoms with Gasteiger partial charge in [0, 0.05) is 10.0 Å². The summed E-state index contributed by atoms with van der Waals surface area (Å²) in [6.07, 6.45) is 3.73. The Morgan fingerprint density at radius 3 is 2.24 bits per heavy atom. The Kier molecular flexibility index (Phi) is 4.20. The molecule has 2 amide bonds. The number of halogens is 2. The Morgan fingerprint density at radius 2 is 1.62 bits per heavy atom. The molecule has 1 aromatic rings. The van der Waals surface area contributed by atoms with E-state index in [-0.39, 0.29) is 24.3 Å². The van der Waals surface area contributed by atoms with Gasteiger partial charge in [0.2, 0.25) is 5.91 Å². The average Bonchev–Trinajstić information content (AvgIpc) is 2.74. The third-order valence-electron chi connectivity index (χ3n) is 4.24. The molecule has 0 spiro atoms. The average molecular weight is 328 g/mol. The second kappa shape index (κ2) is 5.95. The standard InChI is InChI=1S/C15H16Cl2N2O2/c16-10-6-11(17)8-12(7-10)19-14(20)9-13(15(19)21)18-4-2-1-3-5-18/h6-8,13H,1-5,9H2/p+1/t13-/m0/s1. The van der Waals surface area contributed by atoms with E-state index in [0.717, 1.165) is 25.9 Å². The highest BCUT2D eigenvalue weighted by molar-refractivity contribution is 6.35. The number of nitrogens with zero attached hydrogens (tertiary/aromatic N) is 1. The summed E-state index contributed by atoms with van der Waals surface area (Å²) in [5.41, 5.74) is 0.474. The van der Waals surface area contributed by atoms with Gasteiger partial charge >= 0.3 is 0 Å². The molecule has 2 aliphatic rings. The van der Waals surface area contributed by atoms with Gasteiger partial charge in [-0.15, -0.1) is 0 Å². The van der Waals surface area contributed by atoms with Crippen LogP contribution in [-0.4, -0.2) is 30.9 Å². The van der Waals surface area contributed by atoms with Gasteiger partial charge in [-0.2, -0.15) is 0 Å². The maximum Gasteiger partial charge on any atom is 0.292 e. The number of carbonyl (C=O) groups is 2. The van der Waals surface area contributed by atoms with Crippen molar-refractivity contribution in [3.05, 3.63) is 28.2 Å². The number of quaternary nitrogens is 1. The molecule has 0 aliphatic carbocycles. The molecule has 112 valence electrons. The molecule has 6 heteroatoms. The molecule has 0 unspecified atom stereocenters. The number of likely N-dealkylation sites (tertiary alicyclic amines) is 1. The maximum atomic E-state index is 12.6. The summed E-state index contributed by atoms with van der Waals surface area (Å²) >= 11 is 11.9. The largest absolute Gasteiger partial charge is 0.324 e. The van der Waals surface area contributed by atoms with Gasteiger partial charge in [0.1, 0.15) is 0 Å². The van der Waals surface area contributed by atoms with E-state index in [1.54, 1.807) is 18.2 Å². The van der Waals surface area contributed by atoms with Crippen LogP contribution < -0.4 is 9.80 Å². The third-order valence-corrected chi connectivity index (χ3v) is 4.68. The molecule has 0 radical (unpaired) electrons. The molecule has 0 aromatic heterocycles. The van der Waals surface area contributed by atoms with Crippen molar-refractivity contribution < 1.29 is 14.5 Å². The number of rotatable bonds is 2. The fraction of sp³-hybridized carbons (Fsp3) is 0.467. The van der Waals surface area contributed by atoms with Crippen LogP contribution in [0.5, 0.6) is 0 Å². The first kappa shape index (κ1) is 14.8. The van der Waals surface area contributed by atoms with E-state index in [9.17, 15) is 9.59 Å². The van der Waals surface area contributed by atoms with Crippen LogP contribution in [0.15, 0.2) is 18.2 Å². The number of amides is 2. The SMILES string of the molecule is O=C1C[C@H]([NH+]2CCCCC2)C(=O)N1c1cc(Cl)cc(Cl)c1. The lowest BCUT2D eigenvalue weighted by Gasteiger charge is -2.27. The molecular formula is C15H17Cl2N2O2+. The Labute approximate surface area is 133 Å². The first-order chi connectivity index (χ1) is 10.1. The lowest BCUT2D eigenvalue weighted by atomic mass is 10.1. The topological polar surface area (TPSA) is 41.8 Å². The van der Waals surface area contributed by atoms with Crippen molar-refractivity contribution in [3.8, 4) is 0 Å². The number of hydrogen-bond acceptors (Lipinski definition) is 2. The minimum Gasteiger partial charge on any atom is -0.324 e. The van der Waals surface area contributed by atoms with Crippen molar-refractivity contribution in [1.82, 2.24) is 0 Å². The van der Waals surface area contributed by atoms with Gasteiger partial charge in [-0.05, 0) is 37.5 Å². The second-order valence-electron chi connectivity index (χ2n) is 5.67. The molecular weight excluding hydrogens is 311 g/mol. The number of anilines is 1. The van der Waals surface area contributed by atoms with Gasteiger partial charge in [-0.3, -0.25) is 9.59 Å². The van der Waals surface area contributed by atoms with Crippen molar-refractivity contribution in [1.29, 1.82) is 0 Å². The van der Waals surface area contributed by atoms with Crippen LogP contribution in [0.3, 0.4) is 0 Å². The molecule has 4 nitrogen and oxygen atoms in total. The van der Waals surface area contributed by atoms with Crippen LogP contribution in [0.4, 0.5) is 5.69 Å². The van der Waals surface area contributed by atoms with Gasteiger partial charge < -0.3 is 4.90 Å². The summed E-state index contributed by atoms with van der Waals surface area (Å²) in [5.74, 6) is -0.295. The molecule has 3 rings (SSSR count). The van der Waals surface area contributed by atoms with Crippen LogP contribution in [0, 0.1) is 0 Å². The maximum absolute atomic E-state index is 12.6. The third kappa shape index (κ3) is 2.93. The van der Waals surface area contributed by atoms with E-state index >= 15 is 0 Å². The number of imide groups is 1. The van der Waals surface area contributed by atoms with Gasteiger partial charge in [0.05, 0.1) is 25.2 Å². The molecule has 1 atom stereocenters. The van der Waals surface area contributed by atoms with E-state index in [2.05, 4.69) is 0 Å². The molecule has 21 heavy (non-hydrogen) atoms. The van der Waals surface area contributed by atoms with E-state index < -0.39 is 0 Å². The number of carbonyl (C=O) groups excluding carboxylic acids is 2. The highest BCUT2D eigenvalue weighted by Gasteiger charge is 2.45. The number of piperidine rings is 1. The first-order valence-corrected chi connectivity index (χ1v) is 7.99. The molecule has 2 fully saturated rings. The summed E-state index contributed by atoms with van der Waals surface area (Å²) in [6.45, 7) is 1.93. The van der Waals surface area contributed by atoms with E-state index in [1.165, 1.54) is 16.2 Å². The van der Waals surface area contributed by atoms with Crippen LogP contribution in [0.1, 0.15) is 25.7 Å². The molecule has 2 aliphatic heterocycles. The Bertz CT molecular complexity index is 565. The summed E-state index contributed by atoms with van der Waals surface area (Å²) < 4.78 is 0. The summed E-state index contributed by atoms with van der Waals surface area (Å²) in [4.78, 5) is 27.4. The molecule has 2 heterocycles. The van der Waals surface area contributed by atoms with Gasteiger partial charge in [0.15, 0.2) is 6.04 Å².